The molecule has 0 aliphatic carbocycles. The Labute approximate surface area is 120 Å². The van der Waals surface area contributed by atoms with Gasteiger partial charge >= 0.3 is 0 Å². The molecule has 1 heterocycles. The summed E-state index contributed by atoms with van der Waals surface area (Å²) in [6.07, 6.45) is 1.27. The average Bonchev–Trinajstić information content (AvgIpc) is 2.34. The van der Waals surface area contributed by atoms with Crippen LogP contribution in [0, 0.1) is 6.92 Å². The maximum atomic E-state index is 11.8. The molecule has 20 heavy (non-hydrogen) atoms. The molecule has 1 aromatic heterocycles. The third-order valence-corrected chi connectivity index (χ3v) is 5.70. The summed E-state index contributed by atoms with van der Waals surface area (Å²) in [6.45, 7) is 5.75. The summed E-state index contributed by atoms with van der Waals surface area (Å²) in [6, 6.07) is 9.78. The number of nitrogens with one attached hydrogen (secondary N) is 1. The van der Waals surface area contributed by atoms with E-state index in [0.29, 0.717) is 6.54 Å². The Morgan fingerprint density at radius 1 is 1.25 bits per heavy atom. The Kier molecular flexibility index (Phi) is 3.73. The summed E-state index contributed by atoms with van der Waals surface area (Å²) < 4.78 is 22.7. The molecule has 0 aliphatic heterocycles. The molecule has 0 saturated heterocycles. The molecule has 2 aromatic rings. The minimum atomic E-state index is -3.11. The quantitative estimate of drug-likeness (QED) is 0.941. The van der Waals surface area contributed by atoms with Gasteiger partial charge in [0.25, 0.3) is 0 Å². The van der Waals surface area contributed by atoms with Crippen LogP contribution in [0.2, 0.25) is 0 Å². The summed E-state index contributed by atoms with van der Waals surface area (Å²) >= 11 is 0. The van der Waals surface area contributed by atoms with Crippen molar-refractivity contribution in [3.8, 4) is 0 Å². The molecular formula is C15H20N2O2S. The fraction of sp³-hybridized carbons (Fsp3) is 0.400. The molecule has 0 bridgehead atoms. The van der Waals surface area contributed by atoms with Crippen molar-refractivity contribution in [2.75, 3.05) is 18.1 Å². The van der Waals surface area contributed by atoms with E-state index in [1.807, 2.05) is 37.3 Å². The van der Waals surface area contributed by atoms with Crippen LogP contribution in [0.15, 0.2) is 30.3 Å². The van der Waals surface area contributed by atoms with Crippen LogP contribution in [-0.4, -0.2) is 30.9 Å². The second-order valence-corrected chi connectivity index (χ2v) is 8.36. The lowest BCUT2D eigenvalue weighted by atomic mass is 10.1. The first-order valence-corrected chi connectivity index (χ1v) is 8.40. The monoisotopic (exact) mass is 292 g/mol. The van der Waals surface area contributed by atoms with Crippen LogP contribution >= 0.6 is 0 Å². The smallest absolute Gasteiger partial charge is 0.154 e. The van der Waals surface area contributed by atoms with Gasteiger partial charge in [-0.2, -0.15) is 0 Å². The molecule has 0 unspecified atom stereocenters. The van der Waals surface area contributed by atoms with Gasteiger partial charge in [-0.1, -0.05) is 18.2 Å². The number of rotatable bonds is 4. The third-order valence-electron chi connectivity index (χ3n) is 3.55. The van der Waals surface area contributed by atoms with Crippen LogP contribution in [0.1, 0.15) is 19.5 Å². The SMILES string of the molecule is Cc1cc(NCC(C)(C)S(C)(=O)=O)c2ccccc2n1. The first-order valence-electron chi connectivity index (χ1n) is 6.50. The standard InChI is InChI=1S/C15H20N2O2S/c1-11-9-14(12-7-5-6-8-13(12)17-11)16-10-15(2,3)20(4,18)19/h5-9H,10H2,1-4H3,(H,16,17). The molecule has 0 aliphatic rings. The fourth-order valence-corrected chi connectivity index (χ4v) is 2.23. The molecular weight excluding hydrogens is 272 g/mol. The molecule has 0 amide bonds. The molecule has 0 fully saturated rings. The van der Waals surface area contributed by atoms with Crippen molar-refractivity contribution in [1.29, 1.82) is 0 Å². The van der Waals surface area contributed by atoms with Gasteiger partial charge in [0.05, 0.1) is 10.3 Å². The van der Waals surface area contributed by atoms with Crippen molar-refractivity contribution in [3.05, 3.63) is 36.0 Å². The van der Waals surface area contributed by atoms with E-state index in [4.69, 9.17) is 0 Å². The first kappa shape index (κ1) is 14.8. The highest BCUT2D eigenvalue weighted by atomic mass is 32.2. The first-order chi connectivity index (χ1) is 9.21. The predicted molar refractivity (Wildman–Crippen MR) is 83.9 cm³/mol. The van der Waals surface area contributed by atoms with Crippen molar-refractivity contribution in [2.45, 2.75) is 25.5 Å². The normalized spacial score (nSPS) is 12.6. The minimum Gasteiger partial charge on any atom is -0.383 e. The zero-order valence-electron chi connectivity index (χ0n) is 12.3. The number of para-hydroxylation sites is 1. The fourth-order valence-electron chi connectivity index (χ4n) is 1.89. The van der Waals surface area contributed by atoms with Gasteiger partial charge in [-0.05, 0) is 32.9 Å². The van der Waals surface area contributed by atoms with Gasteiger partial charge in [-0.3, -0.25) is 4.98 Å². The van der Waals surface area contributed by atoms with Gasteiger partial charge in [0.2, 0.25) is 0 Å². The second kappa shape index (κ2) is 5.05. The topological polar surface area (TPSA) is 59.1 Å². The van der Waals surface area contributed by atoms with Gasteiger partial charge in [0.15, 0.2) is 9.84 Å². The number of aryl methyl sites for hydroxylation is 1. The van der Waals surface area contributed by atoms with Gasteiger partial charge in [0, 0.05) is 29.6 Å². The summed E-state index contributed by atoms with van der Waals surface area (Å²) in [4.78, 5) is 4.47. The lowest BCUT2D eigenvalue weighted by Gasteiger charge is -2.24. The highest BCUT2D eigenvalue weighted by molar-refractivity contribution is 7.92. The molecule has 0 atom stereocenters. The van der Waals surface area contributed by atoms with Crippen LogP contribution < -0.4 is 5.32 Å². The van der Waals surface area contributed by atoms with Gasteiger partial charge in [0.1, 0.15) is 0 Å². The zero-order chi connectivity index (χ0) is 15.0. The number of sulfone groups is 1. The molecule has 0 saturated carbocycles. The van der Waals surface area contributed by atoms with Crippen molar-refractivity contribution in [1.82, 2.24) is 4.98 Å². The maximum Gasteiger partial charge on any atom is 0.154 e. The average molecular weight is 292 g/mol. The minimum absolute atomic E-state index is 0.360. The molecule has 5 heteroatoms. The number of fused-ring (bicyclic) bond motifs is 1. The Balaban J connectivity index is 2.35. The van der Waals surface area contributed by atoms with E-state index in [-0.39, 0.29) is 0 Å². The highest BCUT2D eigenvalue weighted by Gasteiger charge is 2.29. The molecule has 108 valence electrons. The molecule has 2 rings (SSSR count). The van der Waals surface area contributed by atoms with E-state index in [1.54, 1.807) is 13.8 Å². The van der Waals surface area contributed by atoms with E-state index in [1.165, 1.54) is 6.26 Å². The van der Waals surface area contributed by atoms with Crippen LogP contribution in [0.5, 0.6) is 0 Å². The largest absolute Gasteiger partial charge is 0.383 e. The summed E-state index contributed by atoms with van der Waals surface area (Å²) in [5.41, 5.74) is 2.74. The Morgan fingerprint density at radius 2 is 1.90 bits per heavy atom. The van der Waals surface area contributed by atoms with Gasteiger partial charge in [-0.25, -0.2) is 8.42 Å². The number of anilines is 1. The number of hydrogen-bond acceptors (Lipinski definition) is 4. The molecule has 4 nitrogen and oxygen atoms in total. The summed E-state index contributed by atoms with van der Waals surface area (Å²) in [5, 5.41) is 4.26. The molecule has 0 radical (unpaired) electrons. The number of hydrogen-bond donors (Lipinski definition) is 1. The summed E-state index contributed by atoms with van der Waals surface area (Å²) in [7, 11) is -3.11. The molecule has 0 spiro atoms. The summed E-state index contributed by atoms with van der Waals surface area (Å²) in [5.74, 6) is 0. The Hall–Kier alpha value is -1.62. The lowest BCUT2D eigenvalue weighted by Crippen LogP contribution is -2.38. The molecule has 1 aromatic carbocycles. The van der Waals surface area contributed by atoms with E-state index in [0.717, 1.165) is 22.3 Å². The van der Waals surface area contributed by atoms with Crippen molar-refractivity contribution in [3.63, 3.8) is 0 Å². The van der Waals surface area contributed by atoms with E-state index in [9.17, 15) is 8.42 Å². The lowest BCUT2D eigenvalue weighted by molar-refractivity contribution is 0.560. The van der Waals surface area contributed by atoms with Crippen molar-refractivity contribution < 1.29 is 8.42 Å². The van der Waals surface area contributed by atoms with E-state index in [2.05, 4.69) is 10.3 Å². The Bertz CT molecular complexity index is 737. The van der Waals surface area contributed by atoms with Crippen LogP contribution in [0.4, 0.5) is 5.69 Å². The van der Waals surface area contributed by atoms with Crippen LogP contribution in [0.3, 0.4) is 0 Å². The predicted octanol–water partition coefficient (Wildman–Crippen LogP) is 2.78. The highest BCUT2D eigenvalue weighted by Crippen LogP contribution is 2.24. The third kappa shape index (κ3) is 2.93. The van der Waals surface area contributed by atoms with Gasteiger partial charge in [-0.15, -0.1) is 0 Å². The van der Waals surface area contributed by atoms with E-state index >= 15 is 0 Å². The van der Waals surface area contributed by atoms with Crippen LogP contribution in [0.25, 0.3) is 10.9 Å². The number of benzene rings is 1. The van der Waals surface area contributed by atoms with Crippen molar-refractivity contribution in [2.24, 2.45) is 0 Å². The maximum absolute atomic E-state index is 11.8. The number of nitrogens with zero attached hydrogens (tertiary/aromatic N) is 1. The Morgan fingerprint density at radius 3 is 2.55 bits per heavy atom. The molecule has 1 N–H and O–H groups in total. The number of pyridine rings is 1. The zero-order valence-corrected chi connectivity index (χ0v) is 13.1. The second-order valence-electron chi connectivity index (χ2n) is 5.71. The van der Waals surface area contributed by atoms with Gasteiger partial charge < -0.3 is 5.32 Å². The van der Waals surface area contributed by atoms with E-state index < -0.39 is 14.6 Å². The van der Waals surface area contributed by atoms with Crippen molar-refractivity contribution >= 4 is 26.4 Å². The number of aromatic nitrogens is 1. The van der Waals surface area contributed by atoms with Crippen LogP contribution in [-0.2, 0) is 9.84 Å².